The summed E-state index contributed by atoms with van der Waals surface area (Å²) in [5.41, 5.74) is 3.14. The van der Waals surface area contributed by atoms with Crippen LogP contribution in [0, 0.1) is 5.82 Å². The van der Waals surface area contributed by atoms with Crippen molar-refractivity contribution in [3.05, 3.63) is 52.7 Å². The molecule has 104 valence electrons. The van der Waals surface area contributed by atoms with Gasteiger partial charge in [0.25, 0.3) is 5.91 Å². The van der Waals surface area contributed by atoms with Crippen LogP contribution in [0.3, 0.4) is 0 Å². The molecule has 4 N–H and O–H groups in total. The number of carbonyl (C=O) groups is 1. The Kier molecular flexibility index (Phi) is 4.44. The highest BCUT2D eigenvalue weighted by Gasteiger charge is 2.08. The van der Waals surface area contributed by atoms with Gasteiger partial charge in [0.05, 0.1) is 17.4 Å². The number of benzene rings is 1. The second-order valence-corrected chi connectivity index (χ2v) is 4.27. The van der Waals surface area contributed by atoms with Gasteiger partial charge in [-0.15, -0.1) is 0 Å². The highest BCUT2D eigenvalue weighted by Crippen LogP contribution is 2.15. The number of hydrogen-bond acceptors (Lipinski definition) is 5. The predicted molar refractivity (Wildman–Crippen MR) is 72.4 cm³/mol. The number of nitrogens with zero attached hydrogens (tertiary/aromatic N) is 2. The Labute approximate surface area is 119 Å². The summed E-state index contributed by atoms with van der Waals surface area (Å²) < 4.78 is 13.0. The Hall–Kier alpha value is -2.25. The van der Waals surface area contributed by atoms with Gasteiger partial charge in [0.2, 0.25) is 0 Å². The molecule has 0 radical (unpaired) electrons. The molecule has 0 bridgehead atoms. The van der Waals surface area contributed by atoms with Gasteiger partial charge in [-0.25, -0.2) is 20.2 Å². The lowest BCUT2D eigenvalue weighted by molar-refractivity contribution is 0.0945. The Morgan fingerprint density at radius 3 is 2.75 bits per heavy atom. The largest absolute Gasteiger partial charge is 0.347 e. The van der Waals surface area contributed by atoms with E-state index in [1.807, 2.05) is 0 Å². The molecule has 2 aromatic rings. The van der Waals surface area contributed by atoms with E-state index >= 15 is 0 Å². The average molecular weight is 296 g/mol. The molecule has 20 heavy (non-hydrogen) atoms. The SMILES string of the molecule is NNc1cnc(C(=O)NCc2ccc(F)c(Cl)c2)cn1. The fourth-order valence-corrected chi connectivity index (χ4v) is 1.65. The summed E-state index contributed by atoms with van der Waals surface area (Å²) in [4.78, 5) is 19.6. The fourth-order valence-electron chi connectivity index (χ4n) is 1.44. The van der Waals surface area contributed by atoms with Crippen molar-refractivity contribution in [2.45, 2.75) is 6.54 Å². The van der Waals surface area contributed by atoms with Crippen molar-refractivity contribution in [1.82, 2.24) is 15.3 Å². The Bertz CT molecular complexity index is 620. The lowest BCUT2D eigenvalue weighted by Crippen LogP contribution is -2.24. The van der Waals surface area contributed by atoms with Crippen LogP contribution in [-0.4, -0.2) is 15.9 Å². The topological polar surface area (TPSA) is 92.9 Å². The van der Waals surface area contributed by atoms with E-state index in [0.29, 0.717) is 11.4 Å². The third-order valence-electron chi connectivity index (χ3n) is 2.47. The first-order chi connectivity index (χ1) is 9.60. The number of carbonyl (C=O) groups excluding carboxylic acids is 1. The number of hydrazine groups is 1. The first-order valence-corrected chi connectivity index (χ1v) is 5.98. The van der Waals surface area contributed by atoms with Gasteiger partial charge in [0.1, 0.15) is 11.5 Å². The third kappa shape index (κ3) is 3.40. The van der Waals surface area contributed by atoms with E-state index < -0.39 is 11.7 Å². The van der Waals surface area contributed by atoms with Crippen LogP contribution in [0.5, 0.6) is 0 Å². The molecule has 0 spiro atoms. The summed E-state index contributed by atoms with van der Waals surface area (Å²) in [6.07, 6.45) is 2.63. The van der Waals surface area contributed by atoms with Crippen molar-refractivity contribution in [3.8, 4) is 0 Å². The molecular weight excluding hydrogens is 285 g/mol. The summed E-state index contributed by atoms with van der Waals surface area (Å²) in [6.45, 7) is 0.206. The number of halogens is 2. The number of hydrogen-bond donors (Lipinski definition) is 3. The number of nitrogens with one attached hydrogen (secondary N) is 2. The van der Waals surface area contributed by atoms with Crippen LogP contribution in [0.15, 0.2) is 30.6 Å². The van der Waals surface area contributed by atoms with Gasteiger partial charge in [-0.2, -0.15) is 0 Å². The van der Waals surface area contributed by atoms with Crippen molar-refractivity contribution in [2.75, 3.05) is 5.43 Å². The van der Waals surface area contributed by atoms with Crippen molar-refractivity contribution >= 4 is 23.3 Å². The van der Waals surface area contributed by atoms with Crippen LogP contribution < -0.4 is 16.6 Å². The van der Waals surface area contributed by atoms with Gasteiger partial charge in [-0.1, -0.05) is 17.7 Å². The fraction of sp³-hybridized carbons (Fsp3) is 0.0833. The summed E-state index contributed by atoms with van der Waals surface area (Å²) in [6, 6.07) is 4.23. The number of nitrogens with two attached hydrogens (primary N) is 1. The number of amides is 1. The molecule has 0 aliphatic heterocycles. The van der Waals surface area contributed by atoms with Gasteiger partial charge in [0.15, 0.2) is 5.82 Å². The van der Waals surface area contributed by atoms with Crippen LogP contribution in [-0.2, 0) is 6.54 Å². The normalized spacial score (nSPS) is 10.2. The Balaban J connectivity index is 1.98. The summed E-state index contributed by atoms with van der Waals surface area (Å²) >= 11 is 5.65. The minimum absolute atomic E-state index is 0.00918. The highest BCUT2D eigenvalue weighted by atomic mass is 35.5. The molecule has 0 aliphatic carbocycles. The number of rotatable bonds is 4. The maximum Gasteiger partial charge on any atom is 0.271 e. The molecular formula is C12H11ClFN5O. The molecule has 6 nitrogen and oxygen atoms in total. The molecule has 1 amide bonds. The smallest absolute Gasteiger partial charge is 0.271 e. The van der Waals surface area contributed by atoms with Gasteiger partial charge in [0, 0.05) is 6.54 Å². The molecule has 0 atom stereocenters. The third-order valence-corrected chi connectivity index (χ3v) is 2.76. The molecule has 0 saturated heterocycles. The molecule has 1 aromatic heterocycles. The monoisotopic (exact) mass is 295 g/mol. The number of aromatic nitrogens is 2. The molecule has 8 heteroatoms. The van der Waals surface area contributed by atoms with E-state index in [2.05, 4.69) is 20.7 Å². The second kappa shape index (κ2) is 6.27. The Morgan fingerprint density at radius 2 is 2.15 bits per heavy atom. The van der Waals surface area contributed by atoms with Crippen LogP contribution in [0.4, 0.5) is 10.2 Å². The van der Waals surface area contributed by atoms with Gasteiger partial charge in [-0.3, -0.25) is 4.79 Å². The van der Waals surface area contributed by atoms with E-state index in [4.69, 9.17) is 17.4 Å². The van der Waals surface area contributed by atoms with Crippen molar-refractivity contribution < 1.29 is 9.18 Å². The zero-order valence-electron chi connectivity index (χ0n) is 10.2. The molecule has 0 fully saturated rings. The quantitative estimate of drug-likeness (QED) is 0.587. The number of nitrogen functional groups attached to an aromatic ring is 1. The van der Waals surface area contributed by atoms with E-state index in [-0.39, 0.29) is 17.3 Å². The predicted octanol–water partition coefficient (Wildman–Crippen LogP) is 1.48. The molecule has 0 unspecified atom stereocenters. The van der Waals surface area contributed by atoms with Gasteiger partial charge >= 0.3 is 0 Å². The standard InChI is InChI=1S/C12H11ClFN5O/c13-8-3-7(1-2-9(8)14)4-18-12(20)10-5-17-11(19-15)6-16-10/h1-3,5-6H,4,15H2,(H,17,19)(H,18,20). The lowest BCUT2D eigenvalue weighted by Gasteiger charge is -2.06. The zero-order valence-corrected chi connectivity index (χ0v) is 11.0. The molecule has 1 heterocycles. The van der Waals surface area contributed by atoms with E-state index in [1.165, 1.54) is 30.6 Å². The Morgan fingerprint density at radius 1 is 1.35 bits per heavy atom. The summed E-state index contributed by atoms with van der Waals surface area (Å²) in [5.74, 6) is 4.59. The van der Waals surface area contributed by atoms with Crippen LogP contribution in [0.25, 0.3) is 0 Å². The maximum absolute atomic E-state index is 13.0. The lowest BCUT2D eigenvalue weighted by atomic mass is 10.2. The number of anilines is 1. The summed E-state index contributed by atoms with van der Waals surface area (Å²) in [7, 11) is 0. The van der Waals surface area contributed by atoms with Crippen molar-refractivity contribution in [1.29, 1.82) is 0 Å². The van der Waals surface area contributed by atoms with Crippen molar-refractivity contribution in [3.63, 3.8) is 0 Å². The first kappa shape index (κ1) is 14.2. The summed E-state index contributed by atoms with van der Waals surface area (Å²) in [5, 5.41) is 2.63. The van der Waals surface area contributed by atoms with Crippen molar-refractivity contribution in [2.24, 2.45) is 5.84 Å². The van der Waals surface area contributed by atoms with Gasteiger partial charge < -0.3 is 10.7 Å². The minimum Gasteiger partial charge on any atom is -0.347 e. The average Bonchev–Trinajstić information content (AvgIpc) is 2.48. The molecule has 0 aliphatic rings. The van der Waals surface area contributed by atoms with Crippen LogP contribution in [0.2, 0.25) is 5.02 Å². The van der Waals surface area contributed by atoms with E-state index in [0.717, 1.165) is 0 Å². The molecule has 1 aromatic carbocycles. The van der Waals surface area contributed by atoms with Crippen LogP contribution in [0.1, 0.15) is 16.1 Å². The molecule has 2 rings (SSSR count). The maximum atomic E-state index is 13.0. The first-order valence-electron chi connectivity index (χ1n) is 5.61. The van der Waals surface area contributed by atoms with Gasteiger partial charge in [-0.05, 0) is 17.7 Å². The van der Waals surface area contributed by atoms with Crippen LogP contribution >= 0.6 is 11.6 Å². The van der Waals surface area contributed by atoms with E-state index in [1.54, 1.807) is 0 Å². The highest BCUT2D eigenvalue weighted by molar-refractivity contribution is 6.30. The second-order valence-electron chi connectivity index (χ2n) is 3.86. The zero-order chi connectivity index (χ0) is 14.5. The van der Waals surface area contributed by atoms with E-state index in [9.17, 15) is 9.18 Å². The minimum atomic E-state index is -0.502. The molecule has 0 saturated carbocycles.